The Balaban J connectivity index is 1.94. The van der Waals surface area contributed by atoms with E-state index < -0.39 is 0 Å². The van der Waals surface area contributed by atoms with Crippen molar-refractivity contribution in [2.24, 2.45) is 0 Å². The molecule has 1 fully saturated rings. The minimum atomic E-state index is 0.506. The average molecular weight is 355 g/mol. The van der Waals surface area contributed by atoms with Gasteiger partial charge in [-0.25, -0.2) is 4.98 Å². The molecule has 26 heavy (non-hydrogen) atoms. The van der Waals surface area contributed by atoms with E-state index in [0.717, 1.165) is 43.1 Å². The van der Waals surface area contributed by atoms with E-state index >= 15 is 0 Å². The van der Waals surface area contributed by atoms with Crippen molar-refractivity contribution in [3.05, 3.63) is 41.5 Å². The van der Waals surface area contributed by atoms with Crippen molar-refractivity contribution in [1.29, 1.82) is 0 Å². The Hall–Kier alpha value is -2.11. The lowest BCUT2D eigenvalue weighted by Crippen LogP contribution is -2.32. The van der Waals surface area contributed by atoms with Crippen molar-refractivity contribution >= 4 is 5.82 Å². The molecular formula is C21H29N3O2. The quantitative estimate of drug-likeness (QED) is 0.823. The van der Waals surface area contributed by atoms with Crippen molar-refractivity contribution < 1.29 is 9.47 Å². The molecule has 2 N–H and O–H groups in total. The molecule has 3 rings (SSSR count). The summed E-state index contributed by atoms with van der Waals surface area (Å²) in [6, 6.07) is 10.6. The Labute approximate surface area is 156 Å². The van der Waals surface area contributed by atoms with Gasteiger partial charge in [-0.3, -0.25) is 4.90 Å². The number of nitrogens with two attached hydrogens (primary N) is 1. The molecule has 1 aliphatic rings. The highest BCUT2D eigenvalue weighted by atomic mass is 16.5. The van der Waals surface area contributed by atoms with Gasteiger partial charge in [-0.15, -0.1) is 0 Å². The van der Waals surface area contributed by atoms with Crippen LogP contribution in [0.3, 0.4) is 0 Å². The number of nitrogen functional groups attached to an aromatic ring is 1. The summed E-state index contributed by atoms with van der Waals surface area (Å²) in [5.74, 6) is 1.36. The van der Waals surface area contributed by atoms with Crippen LogP contribution in [0.5, 0.6) is 5.75 Å². The predicted molar refractivity (Wildman–Crippen MR) is 105 cm³/mol. The second-order valence-corrected chi connectivity index (χ2v) is 6.84. The Morgan fingerprint density at radius 1 is 1.23 bits per heavy atom. The Morgan fingerprint density at radius 3 is 2.77 bits per heavy atom. The van der Waals surface area contributed by atoms with Gasteiger partial charge < -0.3 is 15.2 Å². The van der Waals surface area contributed by atoms with E-state index in [1.165, 1.54) is 24.0 Å². The lowest BCUT2D eigenvalue weighted by Gasteiger charge is -2.25. The van der Waals surface area contributed by atoms with E-state index in [9.17, 15) is 0 Å². The van der Waals surface area contributed by atoms with Gasteiger partial charge in [-0.2, -0.15) is 0 Å². The summed E-state index contributed by atoms with van der Waals surface area (Å²) in [5, 5.41) is 0. The molecule has 2 aromatic rings. The van der Waals surface area contributed by atoms with E-state index in [-0.39, 0.29) is 0 Å². The first-order chi connectivity index (χ1) is 12.7. The molecular weight excluding hydrogens is 326 g/mol. The fraction of sp³-hybridized carbons (Fsp3) is 0.476. The van der Waals surface area contributed by atoms with Gasteiger partial charge in [0.05, 0.1) is 19.4 Å². The fourth-order valence-electron chi connectivity index (χ4n) is 3.82. The van der Waals surface area contributed by atoms with Gasteiger partial charge in [0.1, 0.15) is 11.6 Å². The lowest BCUT2D eigenvalue weighted by atomic mass is 9.98. The summed E-state index contributed by atoms with van der Waals surface area (Å²) >= 11 is 0. The molecule has 1 unspecified atom stereocenters. The smallest absolute Gasteiger partial charge is 0.128 e. The molecule has 0 amide bonds. The molecule has 1 aliphatic heterocycles. The molecule has 0 saturated carbocycles. The van der Waals surface area contributed by atoms with Crippen LogP contribution < -0.4 is 10.5 Å². The number of rotatable bonds is 7. The van der Waals surface area contributed by atoms with Crippen molar-refractivity contribution in [2.75, 3.05) is 33.1 Å². The van der Waals surface area contributed by atoms with Crippen LogP contribution in [0.15, 0.2) is 30.3 Å². The van der Waals surface area contributed by atoms with E-state index in [1.807, 2.05) is 12.1 Å². The molecule has 5 nitrogen and oxygen atoms in total. The first-order valence-electron chi connectivity index (χ1n) is 9.32. The van der Waals surface area contributed by atoms with Gasteiger partial charge in [-0.05, 0) is 61.2 Å². The number of likely N-dealkylation sites (tertiary alicyclic amines) is 1. The molecule has 1 saturated heterocycles. The molecule has 5 heteroatoms. The van der Waals surface area contributed by atoms with Crippen molar-refractivity contribution in [3.63, 3.8) is 0 Å². The van der Waals surface area contributed by atoms with Gasteiger partial charge in [-0.1, -0.05) is 13.0 Å². The van der Waals surface area contributed by atoms with Gasteiger partial charge in [0, 0.05) is 25.3 Å². The van der Waals surface area contributed by atoms with Crippen LogP contribution in [0.25, 0.3) is 11.3 Å². The highest BCUT2D eigenvalue weighted by Gasteiger charge is 2.25. The molecule has 0 bridgehead atoms. The number of anilines is 1. The van der Waals surface area contributed by atoms with Crippen LogP contribution in [0.1, 0.15) is 30.9 Å². The van der Waals surface area contributed by atoms with E-state index in [4.69, 9.17) is 15.2 Å². The number of hydrogen-bond acceptors (Lipinski definition) is 5. The third-order valence-electron chi connectivity index (χ3n) is 5.18. The first-order valence-corrected chi connectivity index (χ1v) is 9.32. The van der Waals surface area contributed by atoms with Gasteiger partial charge >= 0.3 is 0 Å². The van der Waals surface area contributed by atoms with Gasteiger partial charge in [0.25, 0.3) is 0 Å². The summed E-state index contributed by atoms with van der Waals surface area (Å²) in [5.41, 5.74) is 10.4. The van der Waals surface area contributed by atoms with Crippen LogP contribution >= 0.6 is 0 Å². The highest BCUT2D eigenvalue weighted by Crippen LogP contribution is 2.34. The zero-order valence-corrected chi connectivity index (χ0v) is 16.0. The lowest BCUT2D eigenvalue weighted by molar-refractivity contribution is 0.111. The Morgan fingerprint density at radius 2 is 2.08 bits per heavy atom. The zero-order valence-electron chi connectivity index (χ0n) is 16.0. The topological polar surface area (TPSA) is 60.6 Å². The second-order valence-electron chi connectivity index (χ2n) is 6.84. The molecule has 1 aromatic heterocycles. The second kappa shape index (κ2) is 8.52. The number of nitrogens with zero attached hydrogens (tertiary/aromatic N) is 2. The standard InChI is InChI=1S/C21H29N3O2/c1-4-15-11-18(19-8-5-9-21(22)23-19)20(26-3)12-16(15)13-24-10-6-7-17(24)14-25-2/h5,8-9,11-12,17H,4,6-7,10,13-14H2,1-3H3,(H2,22,23). The molecule has 0 aliphatic carbocycles. The number of ether oxygens (including phenoxy) is 2. The maximum atomic E-state index is 5.87. The van der Waals surface area contributed by atoms with Crippen LogP contribution in [0, 0.1) is 0 Å². The number of aromatic nitrogens is 1. The van der Waals surface area contributed by atoms with E-state index in [0.29, 0.717) is 11.9 Å². The van der Waals surface area contributed by atoms with Crippen LogP contribution in [0.2, 0.25) is 0 Å². The van der Waals surface area contributed by atoms with Crippen LogP contribution in [-0.2, 0) is 17.7 Å². The Kier molecular flexibility index (Phi) is 6.12. The number of methoxy groups -OCH3 is 2. The van der Waals surface area contributed by atoms with E-state index in [1.54, 1.807) is 20.3 Å². The third-order valence-corrected chi connectivity index (χ3v) is 5.18. The maximum Gasteiger partial charge on any atom is 0.128 e. The Bertz CT molecular complexity index is 748. The summed E-state index contributed by atoms with van der Waals surface area (Å²) in [4.78, 5) is 6.99. The summed E-state index contributed by atoms with van der Waals surface area (Å²) in [6.07, 6.45) is 3.41. The predicted octanol–water partition coefficient (Wildman–Crippen LogP) is 3.51. The number of hydrogen-bond donors (Lipinski definition) is 1. The number of pyridine rings is 1. The molecule has 0 spiro atoms. The minimum Gasteiger partial charge on any atom is -0.496 e. The van der Waals surface area contributed by atoms with Gasteiger partial charge in [0.2, 0.25) is 0 Å². The molecule has 1 aromatic carbocycles. The first kappa shape index (κ1) is 18.7. The van der Waals surface area contributed by atoms with Crippen molar-refractivity contribution in [1.82, 2.24) is 9.88 Å². The monoisotopic (exact) mass is 355 g/mol. The van der Waals surface area contributed by atoms with E-state index in [2.05, 4.69) is 28.9 Å². The third kappa shape index (κ3) is 4.00. The fourth-order valence-corrected chi connectivity index (χ4v) is 3.82. The number of aryl methyl sites for hydroxylation is 1. The maximum absolute atomic E-state index is 5.87. The van der Waals surface area contributed by atoms with Crippen LogP contribution in [-0.4, -0.2) is 43.3 Å². The molecule has 2 heterocycles. The summed E-state index contributed by atoms with van der Waals surface area (Å²) < 4.78 is 11.1. The largest absolute Gasteiger partial charge is 0.496 e. The molecule has 0 radical (unpaired) electrons. The highest BCUT2D eigenvalue weighted by molar-refractivity contribution is 5.70. The summed E-state index contributed by atoms with van der Waals surface area (Å²) in [7, 11) is 3.49. The van der Waals surface area contributed by atoms with Crippen molar-refractivity contribution in [3.8, 4) is 17.0 Å². The molecule has 1 atom stereocenters. The number of benzene rings is 1. The zero-order chi connectivity index (χ0) is 18.5. The van der Waals surface area contributed by atoms with Gasteiger partial charge in [0.15, 0.2) is 0 Å². The SMILES string of the molecule is CCc1cc(-c2cccc(N)n2)c(OC)cc1CN1CCCC1COC. The average Bonchev–Trinajstić information content (AvgIpc) is 3.08. The summed E-state index contributed by atoms with van der Waals surface area (Å²) in [6.45, 7) is 5.04. The molecule has 140 valence electrons. The normalized spacial score (nSPS) is 17.6. The van der Waals surface area contributed by atoms with Crippen molar-refractivity contribution in [2.45, 2.75) is 38.8 Å². The minimum absolute atomic E-state index is 0.506. The van der Waals surface area contributed by atoms with Crippen LogP contribution in [0.4, 0.5) is 5.82 Å².